The monoisotopic (exact) mass is 396 g/mol. The van der Waals surface area contributed by atoms with Crippen LogP contribution in [0.1, 0.15) is 6.23 Å². The largest absolute Gasteiger partial charge is 0.479 e. The molecule has 5 N–H and O–H groups in total. The van der Waals surface area contributed by atoms with Crippen molar-refractivity contribution in [3.05, 3.63) is 33.1 Å². The summed E-state index contributed by atoms with van der Waals surface area (Å²) in [5.41, 5.74) is -1.45. The number of carboxylic acid groups (broad SMARTS) is 1. The molecular weight excluding hydrogens is 379 g/mol. The zero-order valence-electron chi connectivity index (χ0n) is 13.3. The second kappa shape index (κ2) is 7.40. The highest BCUT2D eigenvalue weighted by molar-refractivity contribution is 7.53. The molecule has 13 nitrogen and oxygen atoms in total. The summed E-state index contributed by atoms with van der Waals surface area (Å²) in [5.74, 6) is -4.40. The van der Waals surface area contributed by atoms with E-state index in [1.807, 2.05) is 0 Å². The zero-order valence-corrected chi connectivity index (χ0v) is 14.2. The number of aliphatic hydroxyl groups excluding tert-OH is 2. The molecule has 1 aliphatic rings. The number of rotatable bonds is 6. The Labute approximate surface area is 144 Å². The molecular formula is C12H17N2O11P. The van der Waals surface area contributed by atoms with Gasteiger partial charge >= 0.3 is 19.3 Å². The number of aliphatic carboxylic acids is 1. The molecule has 26 heavy (non-hydrogen) atoms. The highest BCUT2D eigenvalue weighted by atomic mass is 31.2. The van der Waals surface area contributed by atoms with Crippen LogP contribution in [0.25, 0.3) is 0 Å². The van der Waals surface area contributed by atoms with Gasteiger partial charge in [0.15, 0.2) is 6.23 Å². The van der Waals surface area contributed by atoms with E-state index in [0.29, 0.717) is 0 Å². The zero-order chi connectivity index (χ0) is 19.8. The minimum absolute atomic E-state index is 0.606. The lowest BCUT2D eigenvalue weighted by Crippen LogP contribution is -2.41. The molecule has 0 aromatic carbocycles. The van der Waals surface area contributed by atoms with Gasteiger partial charge in [-0.3, -0.25) is 18.5 Å². The van der Waals surface area contributed by atoms with Crippen molar-refractivity contribution in [3.63, 3.8) is 0 Å². The van der Waals surface area contributed by atoms with Gasteiger partial charge in [-0.1, -0.05) is 0 Å². The number of aliphatic hydroxyl groups is 2. The Bertz CT molecular complexity index is 842. The molecule has 0 aliphatic carbocycles. The van der Waals surface area contributed by atoms with Crippen molar-refractivity contribution < 1.29 is 43.9 Å². The van der Waals surface area contributed by atoms with Crippen LogP contribution in [-0.2, 0) is 25.9 Å². The normalized spacial score (nSPS) is 27.4. The molecule has 0 saturated carbocycles. The van der Waals surface area contributed by atoms with E-state index in [0.717, 1.165) is 21.4 Å². The second-order valence-corrected chi connectivity index (χ2v) is 7.21. The Morgan fingerprint density at radius 3 is 2.50 bits per heavy atom. The van der Waals surface area contributed by atoms with Crippen molar-refractivity contribution in [3.8, 4) is 0 Å². The maximum atomic E-state index is 12.1. The molecule has 0 amide bonds. The lowest BCUT2D eigenvalue weighted by Gasteiger charge is -2.19. The van der Waals surface area contributed by atoms with Crippen molar-refractivity contribution in [2.75, 3.05) is 6.61 Å². The second-order valence-electron chi connectivity index (χ2n) is 5.56. The van der Waals surface area contributed by atoms with Crippen molar-refractivity contribution in [1.82, 2.24) is 9.13 Å². The minimum atomic E-state index is -5.13. The number of nitrogens with zero attached hydrogens (tertiary/aromatic N) is 2. The predicted octanol–water partition coefficient (Wildman–Crippen LogP) is -3.23. The average Bonchev–Trinajstić information content (AvgIpc) is 2.80. The van der Waals surface area contributed by atoms with Gasteiger partial charge in [-0.05, 0) is 0 Å². The first-order valence-electron chi connectivity index (χ1n) is 7.14. The summed E-state index contributed by atoms with van der Waals surface area (Å²) < 4.78 is 22.6. The number of aromatic nitrogens is 2. The van der Waals surface area contributed by atoms with Crippen LogP contribution >= 0.6 is 7.60 Å². The van der Waals surface area contributed by atoms with E-state index in [4.69, 9.17) is 19.6 Å². The molecule has 2 heterocycles. The predicted molar refractivity (Wildman–Crippen MR) is 81.3 cm³/mol. The van der Waals surface area contributed by atoms with E-state index < -0.39 is 61.8 Å². The van der Waals surface area contributed by atoms with Gasteiger partial charge < -0.3 is 34.6 Å². The molecule has 5 atom stereocenters. The van der Waals surface area contributed by atoms with Crippen LogP contribution in [0.3, 0.4) is 0 Å². The highest BCUT2D eigenvalue weighted by Crippen LogP contribution is 2.42. The van der Waals surface area contributed by atoms with E-state index in [1.165, 1.54) is 7.05 Å². The molecule has 0 radical (unpaired) electrons. The molecule has 0 bridgehead atoms. The molecule has 1 aliphatic heterocycles. The quantitative estimate of drug-likeness (QED) is 0.303. The fraction of sp³-hybridized carbons (Fsp3) is 0.583. The fourth-order valence-electron chi connectivity index (χ4n) is 2.38. The fourth-order valence-corrected chi connectivity index (χ4v) is 2.94. The molecule has 1 saturated heterocycles. The summed E-state index contributed by atoms with van der Waals surface area (Å²) in [7, 11) is -3.94. The topological polar surface area (TPSA) is 198 Å². The summed E-state index contributed by atoms with van der Waals surface area (Å²) in [5, 5.41) is 28.8. The molecule has 14 heteroatoms. The molecule has 1 fully saturated rings. The number of ether oxygens (including phenoxy) is 2. The van der Waals surface area contributed by atoms with Gasteiger partial charge in [-0.25, -0.2) is 9.59 Å². The van der Waals surface area contributed by atoms with E-state index in [-0.39, 0.29) is 0 Å². The van der Waals surface area contributed by atoms with Gasteiger partial charge in [0.1, 0.15) is 18.3 Å². The van der Waals surface area contributed by atoms with Crippen molar-refractivity contribution in [1.29, 1.82) is 0 Å². The summed E-state index contributed by atoms with van der Waals surface area (Å²) in [6, 6.07) is 1.03. The van der Waals surface area contributed by atoms with Gasteiger partial charge in [0.25, 0.3) is 11.4 Å². The van der Waals surface area contributed by atoms with Crippen LogP contribution in [0.4, 0.5) is 0 Å². The smallest absolute Gasteiger partial charge is 0.365 e. The van der Waals surface area contributed by atoms with E-state index in [1.54, 1.807) is 0 Å². The minimum Gasteiger partial charge on any atom is -0.479 e. The van der Waals surface area contributed by atoms with Crippen LogP contribution in [0.5, 0.6) is 0 Å². The Morgan fingerprint density at radius 1 is 1.35 bits per heavy atom. The number of carbonyl (C=O) groups is 1. The molecule has 1 aromatic heterocycles. The lowest BCUT2D eigenvalue weighted by atomic mass is 10.1. The van der Waals surface area contributed by atoms with E-state index >= 15 is 0 Å². The van der Waals surface area contributed by atoms with Gasteiger partial charge in [0, 0.05) is 19.3 Å². The maximum absolute atomic E-state index is 12.1. The first kappa shape index (κ1) is 20.5. The van der Waals surface area contributed by atoms with E-state index in [2.05, 4.69) is 4.74 Å². The average molecular weight is 396 g/mol. The Hall–Kier alpha value is -1.86. The van der Waals surface area contributed by atoms with Crippen molar-refractivity contribution in [2.24, 2.45) is 7.05 Å². The third kappa shape index (κ3) is 3.94. The van der Waals surface area contributed by atoms with Crippen LogP contribution in [-0.4, -0.2) is 71.0 Å². The molecule has 2 rings (SSSR count). The van der Waals surface area contributed by atoms with Gasteiger partial charge in [-0.15, -0.1) is 0 Å². The van der Waals surface area contributed by atoms with Crippen LogP contribution in [0, 0.1) is 0 Å². The number of carboxylic acids is 1. The van der Waals surface area contributed by atoms with E-state index in [9.17, 15) is 29.2 Å². The van der Waals surface area contributed by atoms with Crippen molar-refractivity contribution in [2.45, 2.75) is 30.4 Å². The van der Waals surface area contributed by atoms with Gasteiger partial charge in [0.2, 0.25) is 0 Å². The first-order chi connectivity index (χ1) is 11.9. The summed E-state index contributed by atoms with van der Waals surface area (Å²) in [6.07, 6.45) is -5.04. The number of hydrogen-bond acceptors (Lipinski definition) is 8. The third-order valence-electron chi connectivity index (χ3n) is 3.76. The van der Waals surface area contributed by atoms with Crippen LogP contribution in [0.2, 0.25) is 0 Å². The van der Waals surface area contributed by atoms with Crippen LogP contribution in [0.15, 0.2) is 21.9 Å². The summed E-state index contributed by atoms with van der Waals surface area (Å²) in [4.78, 5) is 52.2. The molecule has 146 valence electrons. The third-order valence-corrected chi connectivity index (χ3v) is 4.74. The Morgan fingerprint density at radius 2 is 1.96 bits per heavy atom. The van der Waals surface area contributed by atoms with Crippen LogP contribution < -0.4 is 11.2 Å². The standard InChI is InChI=1S/C12H17N2O11P/c1-13-6(15)2-3-14(12(13)20)9-8(17)7(16)5(25-9)4-24-11(10(18)19)26(21,22)23/h2-3,5,7-9,11,16-17H,4H2,1H3,(H,18,19)(H2,21,22,23). The van der Waals surface area contributed by atoms with Gasteiger partial charge in [0.05, 0.1) is 6.61 Å². The maximum Gasteiger partial charge on any atom is 0.365 e. The summed E-state index contributed by atoms with van der Waals surface area (Å²) in [6.45, 7) is -0.780. The molecule has 1 aromatic rings. The Balaban J connectivity index is 2.19. The molecule has 0 spiro atoms. The van der Waals surface area contributed by atoms with Crippen molar-refractivity contribution >= 4 is 13.6 Å². The Kier molecular flexibility index (Phi) is 5.82. The first-order valence-corrected chi connectivity index (χ1v) is 8.82. The lowest BCUT2D eigenvalue weighted by molar-refractivity contribution is -0.149. The van der Waals surface area contributed by atoms with Gasteiger partial charge in [-0.2, -0.15) is 0 Å². The number of hydrogen-bond donors (Lipinski definition) is 5. The summed E-state index contributed by atoms with van der Waals surface area (Å²) >= 11 is 0. The molecule has 5 unspecified atom stereocenters. The highest BCUT2D eigenvalue weighted by Gasteiger charge is 2.46. The SMILES string of the molecule is Cn1c(=O)ccn(C2OC(COC(C(=O)O)P(=O)(O)O)C(O)C2O)c1=O.